The summed E-state index contributed by atoms with van der Waals surface area (Å²) in [4.78, 5) is 10.6. The number of thioether (sulfide) groups is 1. The molecule has 0 radical (unpaired) electrons. The Bertz CT molecular complexity index is 149. The molecule has 2 nitrogen and oxygen atoms in total. The van der Waals surface area contributed by atoms with E-state index in [1.54, 1.807) is 11.8 Å². The Morgan fingerprint density at radius 1 is 1.50 bits per heavy atom. The van der Waals surface area contributed by atoms with E-state index in [1.165, 1.54) is 6.92 Å². The number of hydrogen-bond acceptors (Lipinski definition) is 3. The van der Waals surface area contributed by atoms with Crippen LogP contribution in [-0.2, 0) is 9.53 Å². The molecule has 1 atom stereocenters. The summed E-state index contributed by atoms with van der Waals surface area (Å²) in [5, 5.41) is 0.376. The van der Waals surface area contributed by atoms with Gasteiger partial charge in [0.15, 0.2) is 0 Å². The first-order valence-corrected chi connectivity index (χ1v) is 5.33. The third-order valence-electron chi connectivity index (χ3n) is 1.69. The monoisotopic (exact) mass is 190 g/mol. The van der Waals surface area contributed by atoms with E-state index in [2.05, 4.69) is 20.8 Å². The van der Waals surface area contributed by atoms with Gasteiger partial charge in [-0.2, -0.15) is 11.8 Å². The zero-order valence-electron chi connectivity index (χ0n) is 8.51. The zero-order chi connectivity index (χ0) is 9.78. The number of carbonyl (C=O) groups excluding carboxylic acids is 1. The summed E-state index contributed by atoms with van der Waals surface area (Å²) in [5.74, 6) is -0.196. The van der Waals surface area contributed by atoms with Crippen LogP contribution in [0.5, 0.6) is 0 Å². The quantitative estimate of drug-likeness (QED) is 0.639. The van der Waals surface area contributed by atoms with Crippen molar-refractivity contribution in [3.05, 3.63) is 0 Å². The number of carbonyl (C=O) groups is 1. The second-order valence-electron chi connectivity index (χ2n) is 3.89. The van der Waals surface area contributed by atoms with Gasteiger partial charge in [0.2, 0.25) is 0 Å². The zero-order valence-corrected chi connectivity index (χ0v) is 9.33. The maximum atomic E-state index is 10.6. The molecule has 0 amide bonds. The first kappa shape index (κ1) is 11.8. The van der Waals surface area contributed by atoms with Crippen LogP contribution in [0.25, 0.3) is 0 Å². The van der Waals surface area contributed by atoms with E-state index in [-0.39, 0.29) is 11.4 Å². The molecular weight excluding hydrogens is 172 g/mol. The van der Waals surface area contributed by atoms with Crippen LogP contribution < -0.4 is 0 Å². The molecule has 0 heterocycles. The van der Waals surface area contributed by atoms with Crippen LogP contribution in [-0.4, -0.2) is 24.1 Å². The second kappa shape index (κ2) is 4.75. The first-order chi connectivity index (χ1) is 5.38. The summed E-state index contributed by atoms with van der Waals surface area (Å²) in [5.41, 5.74) is 0.189. The van der Waals surface area contributed by atoms with E-state index < -0.39 is 0 Å². The van der Waals surface area contributed by atoms with Crippen molar-refractivity contribution in [2.24, 2.45) is 5.41 Å². The molecule has 0 saturated heterocycles. The molecule has 0 N–H and O–H groups in total. The van der Waals surface area contributed by atoms with Crippen LogP contribution in [0, 0.1) is 5.41 Å². The SMILES string of the molecule is CSC(COC(C)=O)C(C)(C)C. The van der Waals surface area contributed by atoms with E-state index in [0.717, 1.165) is 0 Å². The van der Waals surface area contributed by atoms with Crippen LogP contribution in [0.3, 0.4) is 0 Å². The Balaban J connectivity index is 3.92. The second-order valence-corrected chi connectivity index (χ2v) is 4.93. The molecule has 0 spiro atoms. The first-order valence-electron chi connectivity index (χ1n) is 4.04. The molecule has 12 heavy (non-hydrogen) atoms. The van der Waals surface area contributed by atoms with Crippen molar-refractivity contribution < 1.29 is 9.53 Å². The van der Waals surface area contributed by atoms with Crippen molar-refractivity contribution in [1.82, 2.24) is 0 Å². The largest absolute Gasteiger partial charge is 0.465 e. The predicted molar refractivity (Wildman–Crippen MR) is 53.4 cm³/mol. The van der Waals surface area contributed by atoms with Gasteiger partial charge in [-0.1, -0.05) is 20.8 Å². The van der Waals surface area contributed by atoms with Crippen LogP contribution >= 0.6 is 11.8 Å². The minimum Gasteiger partial charge on any atom is -0.465 e. The summed E-state index contributed by atoms with van der Waals surface area (Å²) in [6.45, 7) is 8.41. The number of rotatable bonds is 3. The van der Waals surface area contributed by atoms with Crippen LogP contribution in [0.1, 0.15) is 27.7 Å². The predicted octanol–water partition coefficient (Wildman–Crippen LogP) is 2.33. The van der Waals surface area contributed by atoms with Gasteiger partial charge in [0.25, 0.3) is 0 Å². The molecule has 3 heteroatoms. The summed E-state index contributed by atoms with van der Waals surface area (Å²) < 4.78 is 4.96. The van der Waals surface area contributed by atoms with E-state index in [1.807, 2.05) is 6.26 Å². The summed E-state index contributed by atoms with van der Waals surface area (Å²) in [7, 11) is 0. The smallest absolute Gasteiger partial charge is 0.302 e. The molecule has 0 aliphatic carbocycles. The normalized spacial score (nSPS) is 14.1. The van der Waals surface area contributed by atoms with Crippen LogP contribution in [0.2, 0.25) is 0 Å². The lowest BCUT2D eigenvalue weighted by Crippen LogP contribution is -2.28. The Morgan fingerprint density at radius 3 is 2.25 bits per heavy atom. The molecule has 0 bridgehead atoms. The maximum Gasteiger partial charge on any atom is 0.302 e. The van der Waals surface area contributed by atoms with Crippen molar-refractivity contribution in [3.8, 4) is 0 Å². The lowest BCUT2D eigenvalue weighted by atomic mass is 9.92. The Hall–Kier alpha value is -0.180. The maximum absolute atomic E-state index is 10.6. The molecule has 72 valence electrons. The molecule has 0 aromatic carbocycles. The summed E-state index contributed by atoms with van der Waals surface area (Å²) in [6, 6.07) is 0. The molecule has 0 rings (SSSR count). The van der Waals surface area contributed by atoms with Crippen molar-refractivity contribution in [2.75, 3.05) is 12.9 Å². The molecule has 0 aliphatic rings. The van der Waals surface area contributed by atoms with Gasteiger partial charge in [-0.25, -0.2) is 0 Å². The third kappa shape index (κ3) is 4.65. The van der Waals surface area contributed by atoms with Gasteiger partial charge in [-0.05, 0) is 11.7 Å². The minimum atomic E-state index is -0.196. The molecule has 0 aliphatic heterocycles. The molecule has 0 aromatic rings. The van der Waals surface area contributed by atoms with Crippen molar-refractivity contribution >= 4 is 17.7 Å². The molecule has 0 fully saturated rings. The van der Waals surface area contributed by atoms with Gasteiger partial charge in [0.1, 0.15) is 6.61 Å². The van der Waals surface area contributed by atoms with Gasteiger partial charge in [0, 0.05) is 12.2 Å². The molecule has 0 saturated carbocycles. The Kier molecular flexibility index (Phi) is 4.68. The van der Waals surface area contributed by atoms with Gasteiger partial charge in [-0.15, -0.1) is 0 Å². The number of esters is 1. The van der Waals surface area contributed by atoms with Gasteiger partial charge >= 0.3 is 5.97 Å². The molecule has 0 aromatic heterocycles. The highest BCUT2D eigenvalue weighted by Crippen LogP contribution is 2.28. The van der Waals surface area contributed by atoms with Gasteiger partial charge in [-0.3, -0.25) is 4.79 Å². The highest BCUT2D eigenvalue weighted by Gasteiger charge is 2.24. The van der Waals surface area contributed by atoms with E-state index in [9.17, 15) is 4.79 Å². The van der Waals surface area contributed by atoms with Crippen LogP contribution in [0.4, 0.5) is 0 Å². The average molecular weight is 190 g/mol. The molecular formula is C9H18O2S. The number of hydrogen-bond donors (Lipinski definition) is 0. The van der Waals surface area contributed by atoms with E-state index in [4.69, 9.17) is 4.74 Å². The lowest BCUT2D eigenvalue weighted by Gasteiger charge is -2.28. The van der Waals surface area contributed by atoms with E-state index >= 15 is 0 Å². The fraction of sp³-hybridized carbons (Fsp3) is 0.889. The average Bonchev–Trinajstić information content (AvgIpc) is 1.85. The fourth-order valence-corrected chi connectivity index (χ4v) is 1.78. The Morgan fingerprint density at radius 2 is 2.00 bits per heavy atom. The van der Waals surface area contributed by atoms with Crippen LogP contribution in [0.15, 0.2) is 0 Å². The highest BCUT2D eigenvalue weighted by atomic mass is 32.2. The minimum absolute atomic E-state index is 0.189. The molecule has 1 unspecified atom stereocenters. The third-order valence-corrected chi connectivity index (χ3v) is 3.10. The van der Waals surface area contributed by atoms with Crippen molar-refractivity contribution in [1.29, 1.82) is 0 Å². The topological polar surface area (TPSA) is 26.3 Å². The highest BCUT2D eigenvalue weighted by molar-refractivity contribution is 7.99. The van der Waals surface area contributed by atoms with Crippen molar-refractivity contribution in [2.45, 2.75) is 32.9 Å². The van der Waals surface area contributed by atoms with Gasteiger partial charge < -0.3 is 4.74 Å². The summed E-state index contributed by atoms with van der Waals surface area (Å²) >= 11 is 1.74. The summed E-state index contributed by atoms with van der Waals surface area (Å²) in [6.07, 6.45) is 2.04. The van der Waals surface area contributed by atoms with Gasteiger partial charge in [0.05, 0.1) is 0 Å². The number of ether oxygens (including phenoxy) is 1. The lowest BCUT2D eigenvalue weighted by molar-refractivity contribution is -0.141. The fourth-order valence-electron chi connectivity index (χ4n) is 0.865. The standard InChI is InChI=1S/C9H18O2S/c1-7(10)11-6-8(12-5)9(2,3)4/h8H,6H2,1-5H3. The van der Waals surface area contributed by atoms with Crippen molar-refractivity contribution in [3.63, 3.8) is 0 Å². The van der Waals surface area contributed by atoms with E-state index in [0.29, 0.717) is 11.9 Å². The Labute approximate surface area is 79.1 Å².